The minimum Gasteiger partial charge on any atom is -0.378 e. The minimum absolute atomic E-state index is 0.242. The van der Waals surface area contributed by atoms with E-state index in [1.54, 1.807) is 0 Å². The first-order chi connectivity index (χ1) is 12.7. The second kappa shape index (κ2) is 12.6. The van der Waals surface area contributed by atoms with E-state index in [9.17, 15) is 8.42 Å². The van der Waals surface area contributed by atoms with Crippen LogP contribution in [0.25, 0.3) is 0 Å². The molecule has 0 aromatic rings. The van der Waals surface area contributed by atoms with Crippen molar-refractivity contribution in [1.82, 2.24) is 15.5 Å². The molecule has 27 heavy (non-hydrogen) atoms. The largest absolute Gasteiger partial charge is 0.378 e. The summed E-state index contributed by atoms with van der Waals surface area (Å²) in [7, 11) is -2.89. The van der Waals surface area contributed by atoms with Gasteiger partial charge in [0.05, 0.1) is 11.9 Å². The first-order valence-electron chi connectivity index (χ1n) is 10.3. The minimum atomic E-state index is -2.89. The van der Waals surface area contributed by atoms with Crippen LogP contribution in [-0.4, -0.2) is 82.8 Å². The molecule has 0 saturated carbocycles. The average molecular weight is 405 g/mol. The number of hydrogen-bond acceptors (Lipinski definition) is 5. The average Bonchev–Trinajstić information content (AvgIpc) is 2.59. The van der Waals surface area contributed by atoms with Crippen molar-refractivity contribution < 1.29 is 13.2 Å². The van der Waals surface area contributed by atoms with Crippen molar-refractivity contribution in [3.63, 3.8) is 0 Å². The lowest BCUT2D eigenvalue weighted by Gasteiger charge is -2.33. The second-order valence-corrected chi connectivity index (χ2v) is 9.94. The van der Waals surface area contributed by atoms with Crippen LogP contribution in [0.1, 0.15) is 47.0 Å². The highest BCUT2D eigenvalue weighted by molar-refractivity contribution is 7.90. The monoisotopic (exact) mass is 404 g/mol. The standard InChI is InChI=1S/C19H40N4O3S/c1-6-20-19(21-11-8-18(16(3)4)26-7-2)22-17-9-12-23(13-10-17)14-15-27(5,24)25/h16-18H,6-15H2,1-5H3,(H2,20,21,22). The smallest absolute Gasteiger partial charge is 0.191 e. The van der Waals surface area contributed by atoms with Gasteiger partial charge in [-0.3, -0.25) is 4.99 Å². The Morgan fingerprint density at radius 3 is 2.44 bits per heavy atom. The highest BCUT2D eigenvalue weighted by Crippen LogP contribution is 2.12. The number of ether oxygens (including phenoxy) is 1. The molecule has 1 saturated heterocycles. The van der Waals surface area contributed by atoms with Gasteiger partial charge in [0.2, 0.25) is 0 Å². The van der Waals surface area contributed by atoms with Crippen LogP contribution >= 0.6 is 0 Å². The number of likely N-dealkylation sites (tertiary alicyclic amines) is 1. The Balaban J connectivity index is 2.43. The molecule has 1 atom stereocenters. The van der Waals surface area contributed by atoms with Gasteiger partial charge in [-0.1, -0.05) is 13.8 Å². The zero-order valence-corrected chi connectivity index (χ0v) is 18.6. The van der Waals surface area contributed by atoms with E-state index in [1.165, 1.54) is 6.26 Å². The van der Waals surface area contributed by atoms with E-state index in [1.807, 2.05) is 6.92 Å². The predicted octanol–water partition coefficient (Wildman–Crippen LogP) is 1.50. The number of nitrogens with one attached hydrogen (secondary N) is 2. The molecular weight excluding hydrogens is 364 g/mol. The molecule has 1 heterocycles. The predicted molar refractivity (Wildman–Crippen MR) is 113 cm³/mol. The van der Waals surface area contributed by atoms with Gasteiger partial charge >= 0.3 is 0 Å². The second-order valence-electron chi connectivity index (χ2n) is 7.68. The Kier molecular flexibility index (Phi) is 11.3. The molecule has 8 heteroatoms. The van der Waals surface area contributed by atoms with E-state index >= 15 is 0 Å². The SMILES string of the molecule is CCNC(=NCCC(OCC)C(C)C)NC1CCN(CCS(C)(=O)=O)CC1. The summed E-state index contributed by atoms with van der Waals surface area (Å²) in [5.41, 5.74) is 0. The molecular formula is C19H40N4O3S. The number of nitrogens with zero attached hydrogens (tertiary/aromatic N) is 2. The van der Waals surface area contributed by atoms with Gasteiger partial charge in [0.25, 0.3) is 0 Å². The maximum absolute atomic E-state index is 11.3. The first kappa shape index (κ1) is 24.2. The molecule has 0 spiro atoms. The van der Waals surface area contributed by atoms with Gasteiger partial charge in [0, 0.05) is 51.6 Å². The highest BCUT2D eigenvalue weighted by atomic mass is 32.2. The molecule has 1 aliphatic heterocycles. The van der Waals surface area contributed by atoms with Crippen molar-refractivity contribution in [2.75, 3.05) is 51.3 Å². The number of guanidine groups is 1. The van der Waals surface area contributed by atoms with Crippen molar-refractivity contribution >= 4 is 15.8 Å². The third kappa shape index (κ3) is 10.9. The fourth-order valence-corrected chi connectivity index (χ4v) is 3.83. The van der Waals surface area contributed by atoms with Gasteiger partial charge in [0.1, 0.15) is 9.84 Å². The molecule has 0 aliphatic carbocycles. The zero-order chi connectivity index (χ0) is 20.3. The van der Waals surface area contributed by atoms with Crippen LogP contribution in [0.2, 0.25) is 0 Å². The highest BCUT2D eigenvalue weighted by Gasteiger charge is 2.21. The quantitative estimate of drug-likeness (QED) is 0.401. The van der Waals surface area contributed by atoms with Gasteiger partial charge in [-0.25, -0.2) is 8.42 Å². The molecule has 2 N–H and O–H groups in total. The van der Waals surface area contributed by atoms with Crippen LogP contribution in [0.3, 0.4) is 0 Å². The Morgan fingerprint density at radius 2 is 1.93 bits per heavy atom. The van der Waals surface area contributed by atoms with Crippen LogP contribution < -0.4 is 10.6 Å². The van der Waals surface area contributed by atoms with Gasteiger partial charge in [-0.05, 0) is 39.0 Å². The van der Waals surface area contributed by atoms with Crippen LogP contribution in [0, 0.1) is 5.92 Å². The summed E-state index contributed by atoms with van der Waals surface area (Å²) in [5, 5.41) is 6.86. The third-order valence-corrected chi connectivity index (χ3v) is 5.78. The van der Waals surface area contributed by atoms with E-state index in [4.69, 9.17) is 9.73 Å². The molecule has 0 aromatic heterocycles. The lowest BCUT2D eigenvalue weighted by atomic mass is 10.0. The van der Waals surface area contributed by atoms with Crippen LogP contribution in [0.5, 0.6) is 0 Å². The molecule has 1 aliphatic rings. The fraction of sp³-hybridized carbons (Fsp3) is 0.947. The maximum atomic E-state index is 11.3. The van der Waals surface area contributed by atoms with E-state index in [0.29, 0.717) is 18.5 Å². The van der Waals surface area contributed by atoms with Crippen molar-refractivity contribution in [2.45, 2.75) is 59.1 Å². The summed E-state index contributed by atoms with van der Waals surface area (Å²) in [6, 6.07) is 0.380. The Morgan fingerprint density at radius 1 is 1.26 bits per heavy atom. The summed E-state index contributed by atoms with van der Waals surface area (Å²) < 4.78 is 28.4. The van der Waals surface area contributed by atoms with Gasteiger partial charge in [-0.2, -0.15) is 0 Å². The number of aliphatic imine (C=N–C) groups is 1. The lowest BCUT2D eigenvalue weighted by Crippen LogP contribution is -2.49. The van der Waals surface area contributed by atoms with Crippen molar-refractivity contribution in [3.8, 4) is 0 Å². The number of piperidine rings is 1. The molecule has 0 radical (unpaired) electrons. The number of hydrogen-bond donors (Lipinski definition) is 2. The Bertz CT molecular complexity index is 529. The van der Waals surface area contributed by atoms with Crippen molar-refractivity contribution in [3.05, 3.63) is 0 Å². The summed E-state index contributed by atoms with van der Waals surface area (Å²) in [4.78, 5) is 6.96. The molecule has 1 unspecified atom stereocenters. The van der Waals surface area contributed by atoms with E-state index < -0.39 is 9.84 Å². The molecule has 1 fully saturated rings. The number of rotatable bonds is 11. The van der Waals surface area contributed by atoms with Gasteiger partial charge in [0.15, 0.2) is 5.96 Å². The van der Waals surface area contributed by atoms with E-state index in [0.717, 1.165) is 58.0 Å². The Hall–Kier alpha value is -0.860. The molecule has 1 rings (SSSR count). The molecule has 160 valence electrons. The summed E-state index contributed by atoms with van der Waals surface area (Å²) in [5.74, 6) is 1.60. The zero-order valence-electron chi connectivity index (χ0n) is 17.8. The first-order valence-corrected chi connectivity index (χ1v) is 12.4. The van der Waals surface area contributed by atoms with E-state index in [2.05, 4.69) is 36.3 Å². The third-order valence-electron chi connectivity index (χ3n) is 4.86. The normalized spacial score (nSPS) is 18.7. The van der Waals surface area contributed by atoms with Crippen molar-refractivity contribution in [1.29, 1.82) is 0 Å². The van der Waals surface area contributed by atoms with Crippen LogP contribution in [0.15, 0.2) is 4.99 Å². The molecule has 7 nitrogen and oxygen atoms in total. The summed E-state index contributed by atoms with van der Waals surface area (Å²) >= 11 is 0. The van der Waals surface area contributed by atoms with E-state index in [-0.39, 0.29) is 11.9 Å². The fourth-order valence-electron chi connectivity index (χ4n) is 3.24. The van der Waals surface area contributed by atoms with Crippen molar-refractivity contribution in [2.24, 2.45) is 10.9 Å². The topological polar surface area (TPSA) is 83.0 Å². The lowest BCUT2D eigenvalue weighted by molar-refractivity contribution is 0.0266. The summed E-state index contributed by atoms with van der Waals surface area (Å²) in [6.45, 7) is 13.3. The Labute approximate surface area is 166 Å². The van der Waals surface area contributed by atoms with Crippen LogP contribution in [0.4, 0.5) is 0 Å². The maximum Gasteiger partial charge on any atom is 0.191 e. The van der Waals surface area contributed by atoms with Gasteiger partial charge in [-0.15, -0.1) is 0 Å². The van der Waals surface area contributed by atoms with Crippen LogP contribution in [-0.2, 0) is 14.6 Å². The summed E-state index contributed by atoms with van der Waals surface area (Å²) in [6.07, 6.45) is 4.48. The molecule has 0 amide bonds. The van der Waals surface area contributed by atoms with Gasteiger partial charge < -0.3 is 20.3 Å². The number of sulfone groups is 1. The molecule has 0 aromatic carbocycles. The molecule has 0 bridgehead atoms.